The summed E-state index contributed by atoms with van der Waals surface area (Å²) in [6, 6.07) is 15.0. The Kier molecular flexibility index (Phi) is 3.75. The number of hydrogen-bond donors (Lipinski definition) is 1. The van der Waals surface area contributed by atoms with Crippen LogP contribution in [0.15, 0.2) is 52.9 Å². The van der Waals surface area contributed by atoms with Crippen molar-refractivity contribution in [1.29, 1.82) is 0 Å². The molecule has 0 radical (unpaired) electrons. The summed E-state index contributed by atoms with van der Waals surface area (Å²) >= 11 is 5.85. The van der Waals surface area contributed by atoms with E-state index in [1.165, 1.54) is 0 Å². The second-order valence-electron chi connectivity index (χ2n) is 4.24. The highest BCUT2D eigenvalue weighted by Gasteiger charge is 2.10. The van der Waals surface area contributed by atoms with Gasteiger partial charge in [0.2, 0.25) is 5.89 Å². The van der Waals surface area contributed by atoms with E-state index in [1.807, 2.05) is 36.4 Å². The third-order valence-corrected chi connectivity index (χ3v) is 3.12. The standard InChI is InChI=1S/C15H12ClN3O2/c1-20-13-5-3-2-4-12(13)17-15-19-18-14(21-15)10-6-8-11(16)9-7-10/h2-9H,1H3,(H,17,19). The first-order chi connectivity index (χ1) is 10.3. The molecule has 0 spiro atoms. The topological polar surface area (TPSA) is 60.2 Å². The molecule has 21 heavy (non-hydrogen) atoms. The minimum Gasteiger partial charge on any atom is -0.495 e. The van der Waals surface area contributed by atoms with Crippen molar-refractivity contribution in [2.24, 2.45) is 0 Å². The van der Waals surface area contributed by atoms with Gasteiger partial charge in [0.15, 0.2) is 0 Å². The molecular weight excluding hydrogens is 290 g/mol. The van der Waals surface area contributed by atoms with Crippen molar-refractivity contribution in [2.75, 3.05) is 12.4 Å². The van der Waals surface area contributed by atoms with Crippen molar-refractivity contribution in [3.63, 3.8) is 0 Å². The first-order valence-electron chi connectivity index (χ1n) is 6.26. The van der Waals surface area contributed by atoms with Crippen LogP contribution in [-0.2, 0) is 0 Å². The van der Waals surface area contributed by atoms with Crippen LogP contribution in [0.1, 0.15) is 0 Å². The third kappa shape index (κ3) is 2.98. The Balaban J connectivity index is 1.83. The van der Waals surface area contributed by atoms with Crippen LogP contribution in [-0.4, -0.2) is 17.3 Å². The van der Waals surface area contributed by atoms with Gasteiger partial charge in [0.05, 0.1) is 12.8 Å². The maximum Gasteiger partial charge on any atom is 0.320 e. The Bertz CT molecular complexity index is 741. The van der Waals surface area contributed by atoms with Gasteiger partial charge in [0, 0.05) is 10.6 Å². The Morgan fingerprint density at radius 3 is 2.57 bits per heavy atom. The van der Waals surface area contributed by atoms with Crippen LogP contribution in [0.2, 0.25) is 5.02 Å². The summed E-state index contributed by atoms with van der Waals surface area (Å²) < 4.78 is 10.8. The Hall–Kier alpha value is -2.53. The molecule has 0 saturated heterocycles. The summed E-state index contributed by atoms with van der Waals surface area (Å²) in [5.41, 5.74) is 1.56. The molecule has 106 valence electrons. The van der Waals surface area contributed by atoms with Crippen molar-refractivity contribution in [3.05, 3.63) is 53.6 Å². The molecule has 0 saturated carbocycles. The van der Waals surface area contributed by atoms with E-state index in [0.29, 0.717) is 22.7 Å². The van der Waals surface area contributed by atoms with Crippen molar-refractivity contribution in [3.8, 4) is 17.2 Å². The Labute approximate surface area is 126 Å². The fraction of sp³-hybridized carbons (Fsp3) is 0.0667. The molecule has 6 heteroatoms. The molecule has 0 aliphatic heterocycles. The van der Waals surface area contributed by atoms with Gasteiger partial charge in [-0.1, -0.05) is 28.8 Å². The second-order valence-corrected chi connectivity index (χ2v) is 4.68. The molecular formula is C15H12ClN3O2. The lowest BCUT2D eigenvalue weighted by Crippen LogP contribution is -1.94. The molecule has 2 aromatic carbocycles. The first-order valence-corrected chi connectivity index (χ1v) is 6.63. The van der Waals surface area contributed by atoms with Gasteiger partial charge in [-0.15, -0.1) is 5.10 Å². The van der Waals surface area contributed by atoms with Crippen molar-refractivity contribution >= 4 is 23.3 Å². The van der Waals surface area contributed by atoms with Crippen molar-refractivity contribution < 1.29 is 9.15 Å². The van der Waals surface area contributed by atoms with Gasteiger partial charge in [-0.2, -0.15) is 0 Å². The zero-order chi connectivity index (χ0) is 14.7. The summed E-state index contributed by atoms with van der Waals surface area (Å²) in [6.45, 7) is 0. The van der Waals surface area contributed by atoms with Gasteiger partial charge in [0.1, 0.15) is 5.75 Å². The fourth-order valence-corrected chi connectivity index (χ4v) is 1.97. The number of methoxy groups -OCH3 is 1. The quantitative estimate of drug-likeness (QED) is 0.784. The lowest BCUT2D eigenvalue weighted by molar-refractivity contribution is 0.416. The normalized spacial score (nSPS) is 10.4. The van der Waals surface area contributed by atoms with Crippen molar-refractivity contribution in [2.45, 2.75) is 0 Å². The largest absolute Gasteiger partial charge is 0.495 e. The predicted molar refractivity (Wildman–Crippen MR) is 81.0 cm³/mol. The van der Waals surface area contributed by atoms with E-state index in [1.54, 1.807) is 19.2 Å². The predicted octanol–water partition coefficient (Wildman–Crippen LogP) is 4.14. The number of nitrogens with zero attached hydrogens (tertiary/aromatic N) is 2. The molecule has 0 atom stereocenters. The number of aromatic nitrogens is 2. The number of hydrogen-bond acceptors (Lipinski definition) is 5. The summed E-state index contributed by atoms with van der Waals surface area (Å²) in [7, 11) is 1.60. The van der Waals surface area contributed by atoms with E-state index < -0.39 is 0 Å². The molecule has 0 amide bonds. The van der Waals surface area contributed by atoms with Gasteiger partial charge < -0.3 is 14.5 Å². The Morgan fingerprint density at radius 2 is 1.81 bits per heavy atom. The average Bonchev–Trinajstić information content (AvgIpc) is 2.97. The number of rotatable bonds is 4. The zero-order valence-corrected chi connectivity index (χ0v) is 12.0. The third-order valence-electron chi connectivity index (χ3n) is 2.86. The summed E-state index contributed by atoms with van der Waals surface area (Å²) in [5.74, 6) is 1.12. The molecule has 0 unspecified atom stereocenters. The molecule has 1 aromatic heterocycles. The number of anilines is 2. The highest BCUT2D eigenvalue weighted by Crippen LogP contribution is 2.28. The van der Waals surface area contributed by atoms with Gasteiger partial charge in [-0.3, -0.25) is 0 Å². The van der Waals surface area contributed by atoms with Crippen LogP contribution in [0, 0.1) is 0 Å². The second kappa shape index (κ2) is 5.85. The van der Waals surface area contributed by atoms with E-state index in [0.717, 1.165) is 11.3 Å². The van der Waals surface area contributed by atoms with E-state index in [2.05, 4.69) is 15.5 Å². The SMILES string of the molecule is COc1ccccc1Nc1nnc(-c2ccc(Cl)cc2)o1. The average molecular weight is 302 g/mol. The summed E-state index contributed by atoms with van der Waals surface area (Å²) in [4.78, 5) is 0. The Morgan fingerprint density at radius 1 is 1.05 bits per heavy atom. The minimum atomic E-state index is 0.296. The maximum atomic E-state index is 5.85. The van der Waals surface area contributed by atoms with E-state index in [9.17, 15) is 0 Å². The van der Waals surface area contributed by atoms with E-state index >= 15 is 0 Å². The molecule has 3 rings (SSSR count). The number of benzene rings is 2. The van der Waals surface area contributed by atoms with Crippen molar-refractivity contribution in [1.82, 2.24) is 10.2 Å². The molecule has 0 bridgehead atoms. The molecule has 0 aliphatic rings. The van der Waals surface area contributed by atoms with Gasteiger partial charge in [-0.05, 0) is 36.4 Å². The molecule has 5 nitrogen and oxygen atoms in total. The number of para-hydroxylation sites is 2. The number of ether oxygens (including phenoxy) is 1. The first kappa shape index (κ1) is 13.5. The van der Waals surface area contributed by atoms with Crippen LogP contribution in [0.4, 0.5) is 11.7 Å². The van der Waals surface area contributed by atoms with Crippen LogP contribution in [0.3, 0.4) is 0 Å². The van der Waals surface area contributed by atoms with Crippen LogP contribution in [0.5, 0.6) is 5.75 Å². The molecule has 0 fully saturated rings. The highest BCUT2D eigenvalue weighted by molar-refractivity contribution is 6.30. The van der Waals surface area contributed by atoms with Gasteiger partial charge in [0.25, 0.3) is 0 Å². The van der Waals surface area contributed by atoms with Crippen LogP contribution < -0.4 is 10.1 Å². The monoisotopic (exact) mass is 301 g/mol. The lowest BCUT2D eigenvalue weighted by atomic mass is 10.2. The van der Waals surface area contributed by atoms with Gasteiger partial charge in [-0.25, -0.2) is 0 Å². The summed E-state index contributed by atoms with van der Waals surface area (Å²) in [6.07, 6.45) is 0. The lowest BCUT2D eigenvalue weighted by Gasteiger charge is -2.06. The smallest absolute Gasteiger partial charge is 0.320 e. The van der Waals surface area contributed by atoms with E-state index in [4.69, 9.17) is 20.8 Å². The molecule has 3 aromatic rings. The molecule has 1 heterocycles. The molecule has 0 aliphatic carbocycles. The van der Waals surface area contributed by atoms with Crippen LogP contribution in [0.25, 0.3) is 11.5 Å². The zero-order valence-electron chi connectivity index (χ0n) is 11.2. The molecule has 1 N–H and O–H groups in total. The van der Waals surface area contributed by atoms with Gasteiger partial charge >= 0.3 is 6.01 Å². The number of halogens is 1. The van der Waals surface area contributed by atoms with Crippen LogP contribution >= 0.6 is 11.6 Å². The fourth-order valence-electron chi connectivity index (χ4n) is 1.85. The minimum absolute atomic E-state index is 0.296. The maximum absolute atomic E-state index is 5.85. The van der Waals surface area contributed by atoms with E-state index in [-0.39, 0.29) is 0 Å². The summed E-state index contributed by atoms with van der Waals surface area (Å²) in [5, 5.41) is 11.7. The highest BCUT2D eigenvalue weighted by atomic mass is 35.5. The number of nitrogens with one attached hydrogen (secondary N) is 1.